The maximum atomic E-state index is 9.19. The Kier molecular flexibility index (Phi) is 10.7. The van der Waals surface area contributed by atoms with E-state index in [-0.39, 0.29) is 6.29 Å². The van der Waals surface area contributed by atoms with Gasteiger partial charge in [0.25, 0.3) is 10.1 Å². The highest BCUT2D eigenvalue weighted by molar-refractivity contribution is 7.85. The number of rotatable bonds is 1. The van der Waals surface area contributed by atoms with Crippen molar-refractivity contribution in [3.63, 3.8) is 0 Å². The second-order valence-corrected chi connectivity index (χ2v) is 4.00. The Hall–Kier alpha value is -1.08. The minimum Gasteiger partial charge on any atom is -0.476 e. The molecule has 0 spiro atoms. The molecule has 0 aliphatic heterocycles. The molecule has 0 amide bonds. The third-order valence-electron chi connectivity index (χ3n) is 0.101. The summed E-state index contributed by atoms with van der Waals surface area (Å²) in [6.45, 7) is 0. The number of carbonyl (C=O) groups is 2. The predicted molar refractivity (Wildman–Crippen MR) is 45.3 cm³/mol. The van der Waals surface area contributed by atoms with Crippen molar-refractivity contribution < 1.29 is 45.2 Å². The van der Waals surface area contributed by atoms with Crippen LogP contribution in [0.25, 0.3) is 0 Å². The Balaban J connectivity index is -0.000000144. The zero-order valence-corrected chi connectivity index (χ0v) is 8.77. The second-order valence-electron chi connectivity index (χ2n) is 1.64. The highest BCUT2D eigenvalue weighted by Gasteiger charge is 1.84. The van der Waals surface area contributed by atoms with Gasteiger partial charge < -0.3 is 5.11 Å². The van der Waals surface area contributed by atoms with Gasteiger partial charge in [-0.3, -0.25) is 18.5 Å². The van der Waals surface area contributed by atoms with E-state index in [0.29, 0.717) is 6.26 Å². The van der Waals surface area contributed by atoms with Crippen LogP contribution in [0.1, 0.15) is 0 Å². The first-order valence-corrected chi connectivity index (χ1v) is 5.82. The molecule has 0 aromatic heterocycles. The molecule has 0 saturated heterocycles. The molecular formula is C3H8O10S2. The van der Waals surface area contributed by atoms with Gasteiger partial charge >= 0.3 is 16.4 Å². The minimum absolute atomic E-state index is 0.167. The van der Waals surface area contributed by atoms with E-state index in [1.54, 1.807) is 0 Å². The molecule has 0 aromatic carbocycles. The Morgan fingerprint density at radius 2 is 1.13 bits per heavy atom. The lowest BCUT2D eigenvalue weighted by atomic mass is 10.8. The van der Waals surface area contributed by atoms with Crippen molar-refractivity contribution in [2.75, 3.05) is 6.26 Å². The van der Waals surface area contributed by atoms with E-state index in [1.807, 2.05) is 0 Å². The molecule has 10 nitrogen and oxygen atoms in total. The standard InChI is InChI=1S/C2H2O3.CH4O3S.H2O4S/c3-1-2(4)5;2*1-5(2,3)4/h1H,(H,4,5);1H3,(H,2,3,4);(H2,1,2,3,4). The summed E-state index contributed by atoms with van der Waals surface area (Å²) in [4.78, 5) is 17.9. The van der Waals surface area contributed by atoms with Crippen LogP contribution in [0, 0.1) is 0 Å². The lowest BCUT2D eigenvalue weighted by Crippen LogP contribution is -1.91. The van der Waals surface area contributed by atoms with Crippen LogP contribution in [0.3, 0.4) is 0 Å². The third kappa shape index (κ3) is 1820. The van der Waals surface area contributed by atoms with Crippen molar-refractivity contribution in [3.05, 3.63) is 0 Å². The SMILES string of the molecule is CS(=O)(=O)O.O=CC(=O)O.O=S(=O)(O)O. The zero-order valence-electron chi connectivity index (χ0n) is 7.13. The quantitative estimate of drug-likeness (QED) is 0.238. The Labute approximate surface area is 84.9 Å². The molecule has 0 aliphatic rings. The highest BCUT2D eigenvalue weighted by atomic mass is 32.3. The van der Waals surface area contributed by atoms with Gasteiger partial charge in [-0.2, -0.15) is 16.8 Å². The average molecular weight is 268 g/mol. The summed E-state index contributed by atoms with van der Waals surface area (Å²) < 4.78 is 57.5. The van der Waals surface area contributed by atoms with Crippen LogP contribution < -0.4 is 0 Å². The third-order valence-corrected chi connectivity index (χ3v) is 0.101. The van der Waals surface area contributed by atoms with Crippen LogP contribution in [-0.2, 0) is 30.1 Å². The van der Waals surface area contributed by atoms with Gasteiger partial charge in [-0.25, -0.2) is 4.79 Å². The number of aliphatic carboxylic acids is 1. The van der Waals surface area contributed by atoms with Crippen molar-refractivity contribution in [2.24, 2.45) is 0 Å². The number of carboxylic acid groups (broad SMARTS) is 1. The maximum Gasteiger partial charge on any atom is 0.394 e. The fourth-order valence-corrected chi connectivity index (χ4v) is 0. The van der Waals surface area contributed by atoms with Gasteiger partial charge in [0.15, 0.2) is 0 Å². The number of carbonyl (C=O) groups excluding carboxylic acids is 1. The summed E-state index contributed by atoms with van der Waals surface area (Å²) in [6, 6.07) is 0. The van der Waals surface area contributed by atoms with Gasteiger partial charge in [-0.1, -0.05) is 0 Å². The van der Waals surface area contributed by atoms with Gasteiger partial charge in [0.2, 0.25) is 6.29 Å². The molecular weight excluding hydrogens is 260 g/mol. The fourth-order valence-electron chi connectivity index (χ4n) is 0. The molecule has 15 heavy (non-hydrogen) atoms. The molecule has 0 heterocycles. The van der Waals surface area contributed by atoms with Crippen molar-refractivity contribution >= 4 is 32.8 Å². The van der Waals surface area contributed by atoms with Gasteiger partial charge in [-0.15, -0.1) is 0 Å². The van der Waals surface area contributed by atoms with E-state index in [1.165, 1.54) is 0 Å². The monoisotopic (exact) mass is 268 g/mol. The summed E-state index contributed by atoms with van der Waals surface area (Å²) >= 11 is 0. The second kappa shape index (κ2) is 8.25. The van der Waals surface area contributed by atoms with Gasteiger partial charge in [0.1, 0.15) is 0 Å². The van der Waals surface area contributed by atoms with Crippen LogP contribution in [0.2, 0.25) is 0 Å². The van der Waals surface area contributed by atoms with E-state index in [2.05, 4.69) is 0 Å². The molecule has 0 rings (SSSR count). The lowest BCUT2D eigenvalue weighted by Gasteiger charge is -1.69. The molecule has 0 aromatic rings. The van der Waals surface area contributed by atoms with E-state index < -0.39 is 26.5 Å². The summed E-state index contributed by atoms with van der Waals surface area (Å²) in [5.74, 6) is -1.43. The highest BCUT2D eigenvalue weighted by Crippen LogP contribution is 1.60. The van der Waals surface area contributed by atoms with Crippen LogP contribution in [0.5, 0.6) is 0 Å². The number of hydrogen-bond donors (Lipinski definition) is 4. The molecule has 12 heteroatoms. The topological polar surface area (TPSA) is 183 Å². The molecule has 4 N–H and O–H groups in total. The lowest BCUT2D eigenvalue weighted by molar-refractivity contribution is -0.143. The van der Waals surface area contributed by atoms with Crippen LogP contribution in [0.15, 0.2) is 0 Å². The predicted octanol–water partition coefficient (Wildman–Crippen LogP) is -1.88. The van der Waals surface area contributed by atoms with Crippen LogP contribution in [-0.4, -0.2) is 54.1 Å². The fraction of sp³-hybridized carbons (Fsp3) is 0.333. The molecule has 0 fully saturated rings. The van der Waals surface area contributed by atoms with E-state index in [9.17, 15) is 8.42 Å². The minimum atomic E-state index is -4.67. The van der Waals surface area contributed by atoms with E-state index >= 15 is 0 Å². The van der Waals surface area contributed by atoms with Crippen molar-refractivity contribution in [1.29, 1.82) is 0 Å². The van der Waals surface area contributed by atoms with Gasteiger partial charge in [0.05, 0.1) is 6.26 Å². The Bertz CT molecular complexity index is 327. The average Bonchev–Trinajstić information content (AvgIpc) is 1.79. The Morgan fingerprint density at radius 3 is 1.13 bits per heavy atom. The van der Waals surface area contributed by atoms with Gasteiger partial charge in [-0.05, 0) is 0 Å². The first kappa shape index (κ1) is 19.5. The van der Waals surface area contributed by atoms with E-state index in [4.69, 9.17) is 36.8 Å². The van der Waals surface area contributed by atoms with Crippen molar-refractivity contribution in [3.8, 4) is 0 Å². The van der Waals surface area contributed by atoms with Crippen LogP contribution in [0.4, 0.5) is 0 Å². The molecule has 92 valence electrons. The largest absolute Gasteiger partial charge is 0.476 e. The summed E-state index contributed by atoms with van der Waals surface area (Å²) in [5.41, 5.74) is 0. The normalized spacial score (nSPS) is 9.87. The molecule has 0 atom stereocenters. The molecule has 0 saturated carbocycles. The molecule has 0 aliphatic carbocycles. The van der Waals surface area contributed by atoms with Crippen molar-refractivity contribution in [1.82, 2.24) is 0 Å². The van der Waals surface area contributed by atoms with Crippen molar-refractivity contribution in [2.45, 2.75) is 0 Å². The van der Waals surface area contributed by atoms with Gasteiger partial charge in [0, 0.05) is 0 Å². The maximum absolute atomic E-state index is 9.19. The zero-order chi connectivity index (χ0) is 13.3. The first-order valence-electron chi connectivity index (χ1n) is 2.57. The smallest absolute Gasteiger partial charge is 0.394 e. The van der Waals surface area contributed by atoms with E-state index in [0.717, 1.165) is 0 Å². The number of carboxylic acids is 1. The molecule has 0 radical (unpaired) electrons. The van der Waals surface area contributed by atoms with Crippen LogP contribution >= 0.6 is 0 Å². The summed E-state index contributed by atoms with van der Waals surface area (Å²) in [5, 5.41) is 7.35. The summed E-state index contributed by atoms with van der Waals surface area (Å²) in [7, 11) is -8.33. The summed E-state index contributed by atoms with van der Waals surface area (Å²) in [6.07, 6.45) is 0.549. The number of hydrogen-bond acceptors (Lipinski definition) is 6. The number of aldehydes is 1. The molecule has 0 bridgehead atoms. The molecule has 0 unspecified atom stereocenters. The Morgan fingerprint density at radius 1 is 1.07 bits per heavy atom. The first-order chi connectivity index (χ1) is 6.27.